The van der Waals surface area contributed by atoms with E-state index in [1.807, 2.05) is 6.08 Å². The fourth-order valence-corrected chi connectivity index (χ4v) is 1.82. The van der Waals surface area contributed by atoms with Gasteiger partial charge in [0.15, 0.2) is 0 Å². The molecule has 0 aromatic rings. The first-order valence-electron chi connectivity index (χ1n) is 6.34. The van der Waals surface area contributed by atoms with Crippen molar-refractivity contribution in [3.63, 3.8) is 0 Å². The number of carbonyl (C=O) groups is 2. The van der Waals surface area contributed by atoms with Gasteiger partial charge in [0.25, 0.3) is 0 Å². The molecule has 0 saturated heterocycles. The third-order valence-corrected chi connectivity index (χ3v) is 2.96. The normalized spacial score (nSPS) is 18.3. The standard InChI is InChI=1S/C14H22O3/c1-14(2,3)13(16)17-12(15)10-9-11-7-5-4-6-8-11/h9-11H,4-8H2,1-3H3/b10-9+. The number of carbonyl (C=O) groups excluding carboxylic acids is 2. The van der Waals surface area contributed by atoms with Crippen LogP contribution in [0.4, 0.5) is 0 Å². The van der Waals surface area contributed by atoms with E-state index in [-0.39, 0.29) is 0 Å². The second kappa shape index (κ2) is 5.99. The van der Waals surface area contributed by atoms with Gasteiger partial charge in [-0.2, -0.15) is 0 Å². The Morgan fingerprint density at radius 3 is 2.24 bits per heavy atom. The largest absolute Gasteiger partial charge is 0.389 e. The predicted molar refractivity (Wildman–Crippen MR) is 66.3 cm³/mol. The Bertz CT molecular complexity index is 304. The van der Waals surface area contributed by atoms with Crippen LogP contribution in [-0.2, 0) is 14.3 Å². The average molecular weight is 238 g/mol. The molecule has 3 nitrogen and oxygen atoms in total. The maximum absolute atomic E-state index is 11.4. The van der Waals surface area contributed by atoms with E-state index in [1.165, 1.54) is 25.3 Å². The van der Waals surface area contributed by atoms with Crippen LogP contribution in [0.1, 0.15) is 52.9 Å². The molecule has 1 fully saturated rings. The molecule has 1 rings (SSSR count). The van der Waals surface area contributed by atoms with Crippen LogP contribution in [0.2, 0.25) is 0 Å². The second-order valence-corrected chi connectivity index (χ2v) is 5.72. The molecule has 0 heterocycles. The number of ether oxygens (including phenoxy) is 1. The van der Waals surface area contributed by atoms with Gasteiger partial charge in [-0.1, -0.05) is 25.3 Å². The van der Waals surface area contributed by atoms with E-state index in [9.17, 15) is 9.59 Å². The minimum atomic E-state index is -0.631. The van der Waals surface area contributed by atoms with Gasteiger partial charge in [0.05, 0.1) is 5.41 Å². The zero-order chi connectivity index (χ0) is 12.9. The monoisotopic (exact) mass is 238 g/mol. The summed E-state index contributed by atoms with van der Waals surface area (Å²) in [6, 6.07) is 0. The third kappa shape index (κ3) is 5.16. The summed E-state index contributed by atoms with van der Waals surface area (Å²) in [5.74, 6) is -0.549. The summed E-state index contributed by atoms with van der Waals surface area (Å²) in [7, 11) is 0. The van der Waals surface area contributed by atoms with Gasteiger partial charge in [0, 0.05) is 6.08 Å². The molecular weight excluding hydrogens is 216 g/mol. The van der Waals surface area contributed by atoms with E-state index >= 15 is 0 Å². The van der Waals surface area contributed by atoms with Gasteiger partial charge < -0.3 is 4.74 Å². The molecule has 0 aromatic heterocycles. The summed E-state index contributed by atoms with van der Waals surface area (Å²) >= 11 is 0. The van der Waals surface area contributed by atoms with Crippen LogP contribution in [0.3, 0.4) is 0 Å². The molecule has 1 aliphatic carbocycles. The van der Waals surface area contributed by atoms with Crippen molar-refractivity contribution in [3.05, 3.63) is 12.2 Å². The average Bonchev–Trinajstić information content (AvgIpc) is 2.26. The fourth-order valence-electron chi connectivity index (χ4n) is 1.82. The molecule has 0 bridgehead atoms. The number of hydrogen-bond acceptors (Lipinski definition) is 3. The fraction of sp³-hybridized carbons (Fsp3) is 0.714. The lowest BCUT2D eigenvalue weighted by Gasteiger charge is -2.17. The molecule has 0 atom stereocenters. The third-order valence-electron chi connectivity index (χ3n) is 2.96. The van der Waals surface area contributed by atoms with Crippen molar-refractivity contribution in [3.8, 4) is 0 Å². The van der Waals surface area contributed by atoms with Crippen LogP contribution in [0.25, 0.3) is 0 Å². The van der Waals surface area contributed by atoms with Crippen molar-refractivity contribution >= 4 is 11.9 Å². The highest BCUT2D eigenvalue weighted by atomic mass is 16.6. The Kier molecular flexibility index (Phi) is 4.91. The number of hydrogen-bond donors (Lipinski definition) is 0. The topological polar surface area (TPSA) is 43.4 Å². The van der Waals surface area contributed by atoms with Crippen LogP contribution in [0, 0.1) is 11.3 Å². The molecular formula is C14H22O3. The van der Waals surface area contributed by atoms with E-state index in [1.54, 1.807) is 20.8 Å². The molecule has 1 saturated carbocycles. The molecule has 0 radical (unpaired) electrons. The van der Waals surface area contributed by atoms with Gasteiger partial charge in [-0.3, -0.25) is 4.79 Å². The molecule has 0 aliphatic heterocycles. The van der Waals surface area contributed by atoms with Gasteiger partial charge in [-0.05, 0) is 39.5 Å². The first-order valence-corrected chi connectivity index (χ1v) is 6.34. The SMILES string of the molecule is CC(C)(C)C(=O)OC(=O)/C=C/C1CCCCC1. The zero-order valence-electron chi connectivity index (χ0n) is 11.0. The van der Waals surface area contributed by atoms with Crippen molar-refractivity contribution < 1.29 is 14.3 Å². The van der Waals surface area contributed by atoms with E-state index < -0.39 is 17.4 Å². The molecule has 3 heteroatoms. The van der Waals surface area contributed by atoms with Crippen LogP contribution in [0.5, 0.6) is 0 Å². The lowest BCUT2D eigenvalue weighted by molar-refractivity contribution is -0.162. The highest BCUT2D eigenvalue weighted by Gasteiger charge is 2.25. The molecule has 0 spiro atoms. The summed E-state index contributed by atoms with van der Waals surface area (Å²) in [5.41, 5.74) is -0.631. The lowest BCUT2D eigenvalue weighted by Crippen LogP contribution is -2.25. The second-order valence-electron chi connectivity index (χ2n) is 5.72. The minimum absolute atomic E-state index is 0.473. The molecule has 0 aromatic carbocycles. The van der Waals surface area contributed by atoms with E-state index in [0.717, 1.165) is 12.8 Å². The molecule has 96 valence electrons. The maximum atomic E-state index is 11.4. The zero-order valence-corrected chi connectivity index (χ0v) is 11.0. The van der Waals surface area contributed by atoms with Crippen molar-refractivity contribution in [2.45, 2.75) is 52.9 Å². The Labute approximate surface area is 103 Å². The molecule has 0 amide bonds. The summed E-state index contributed by atoms with van der Waals surface area (Å²) in [5, 5.41) is 0. The summed E-state index contributed by atoms with van der Waals surface area (Å²) in [6.45, 7) is 5.19. The van der Waals surface area contributed by atoms with Gasteiger partial charge in [-0.15, -0.1) is 0 Å². The quantitative estimate of drug-likeness (QED) is 0.421. The van der Waals surface area contributed by atoms with Gasteiger partial charge in [0.1, 0.15) is 0 Å². The van der Waals surface area contributed by atoms with Crippen molar-refractivity contribution in [2.75, 3.05) is 0 Å². The first-order chi connectivity index (χ1) is 7.89. The van der Waals surface area contributed by atoms with E-state index in [0.29, 0.717) is 5.92 Å². The van der Waals surface area contributed by atoms with Crippen LogP contribution >= 0.6 is 0 Å². The summed E-state index contributed by atoms with van der Waals surface area (Å²) in [4.78, 5) is 22.9. The molecule has 1 aliphatic rings. The molecule has 0 N–H and O–H groups in total. The van der Waals surface area contributed by atoms with Gasteiger partial charge in [-0.25, -0.2) is 4.79 Å². The smallest absolute Gasteiger partial charge is 0.338 e. The molecule has 17 heavy (non-hydrogen) atoms. The van der Waals surface area contributed by atoms with Crippen molar-refractivity contribution in [1.29, 1.82) is 0 Å². The van der Waals surface area contributed by atoms with Gasteiger partial charge in [0.2, 0.25) is 0 Å². The lowest BCUT2D eigenvalue weighted by atomic mass is 9.89. The Morgan fingerprint density at radius 1 is 1.12 bits per heavy atom. The first kappa shape index (κ1) is 13.9. The Balaban J connectivity index is 2.38. The van der Waals surface area contributed by atoms with E-state index in [2.05, 4.69) is 0 Å². The Hall–Kier alpha value is -1.12. The number of rotatable bonds is 2. The van der Waals surface area contributed by atoms with Crippen molar-refractivity contribution in [2.24, 2.45) is 11.3 Å². The molecule has 0 unspecified atom stereocenters. The van der Waals surface area contributed by atoms with Crippen LogP contribution < -0.4 is 0 Å². The van der Waals surface area contributed by atoms with Crippen LogP contribution in [-0.4, -0.2) is 11.9 Å². The van der Waals surface area contributed by atoms with Crippen LogP contribution in [0.15, 0.2) is 12.2 Å². The van der Waals surface area contributed by atoms with Gasteiger partial charge >= 0.3 is 11.9 Å². The minimum Gasteiger partial charge on any atom is -0.389 e. The highest BCUT2D eigenvalue weighted by Crippen LogP contribution is 2.24. The number of esters is 2. The summed E-state index contributed by atoms with van der Waals surface area (Å²) < 4.78 is 4.74. The summed E-state index contributed by atoms with van der Waals surface area (Å²) in [6.07, 6.45) is 9.30. The Morgan fingerprint density at radius 2 is 1.71 bits per heavy atom. The highest BCUT2D eigenvalue weighted by molar-refractivity contribution is 5.93. The number of allylic oxidation sites excluding steroid dienone is 1. The van der Waals surface area contributed by atoms with E-state index in [4.69, 9.17) is 4.74 Å². The van der Waals surface area contributed by atoms with Crippen molar-refractivity contribution in [1.82, 2.24) is 0 Å². The predicted octanol–water partition coefficient (Wildman–Crippen LogP) is 3.24. The maximum Gasteiger partial charge on any atom is 0.338 e.